The minimum Gasteiger partial charge on any atom is -0.493 e. The maximum Gasteiger partial charge on any atom is 0.161 e. The monoisotopic (exact) mass is 417 g/mol. The number of ether oxygens (including phenoxy) is 2. The number of H-pyrrole nitrogens is 1. The zero-order chi connectivity index (χ0) is 21.8. The van der Waals surface area contributed by atoms with Crippen LogP contribution >= 0.6 is 0 Å². The van der Waals surface area contributed by atoms with Gasteiger partial charge in [-0.05, 0) is 48.0 Å². The van der Waals surface area contributed by atoms with Crippen molar-refractivity contribution in [2.75, 3.05) is 7.11 Å². The molecule has 31 heavy (non-hydrogen) atoms. The van der Waals surface area contributed by atoms with E-state index in [0.29, 0.717) is 39.5 Å². The predicted molar refractivity (Wildman–Crippen MR) is 113 cm³/mol. The van der Waals surface area contributed by atoms with Crippen LogP contribution in [0.5, 0.6) is 11.5 Å². The fourth-order valence-corrected chi connectivity index (χ4v) is 3.09. The summed E-state index contributed by atoms with van der Waals surface area (Å²) < 4.78 is 38.3. The minimum atomic E-state index is -0.388. The summed E-state index contributed by atoms with van der Waals surface area (Å²) in [5.41, 5.74) is 2.45. The Bertz CT molecular complexity index is 1320. The van der Waals surface area contributed by atoms with E-state index in [1.165, 1.54) is 25.3 Å². The van der Waals surface area contributed by atoms with Crippen LogP contribution in [0, 0.1) is 23.0 Å². The number of nitriles is 1. The van der Waals surface area contributed by atoms with Gasteiger partial charge in [-0.1, -0.05) is 24.3 Å². The lowest BCUT2D eigenvalue weighted by Gasteiger charge is -2.12. The van der Waals surface area contributed by atoms with Gasteiger partial charge in [0, 0.05) is 5.56 Å². The lowest BCUT2D eigenvalue weighted by Crippen LogP contribution is -2.00. The van der Waals surface area contributed by atoms with Gasteiger partial charge in [0.2, 0.25) is 0 Å². The van der Waals surface area contributed by atoms with Gasteiger partial charge in [0.1, 0.15) is 30.1 Å². The highest BCUT2D eigenvalue weighted by molar-refractivity contribution is 5.90. The van der Waals surface area contributed by atoms with Crippen LogP contribution in [-0.4, -0.2) is 17.1 Å². The van der Waals surface area contributed by atoms with E-state index < -0.39 is 0 Å². The molecule has 1 N–H and O–H groups in total. The number of aromatic amines is 1. The van der Waals surface area contributed by atoms with E-state index in [1.54, 1.807) is 48.5 Å². The number of hydrogen-bond donors (Lipinski definition) is 1. The zero-order valence-corrected chi connectivity index (χ0v) is 16.5. The first-order valence-electron chi connectivity index (χ1n) is 9.39. The van der Waals surface area contributed by atoms with Crippen molar-refractivity contribution in [3.05, 3.63) is 89.2 Å². The Balaban J connectivity index is 1.60. The first-order valence-corrected chi connectivity index (χ1v) is 9.39. The average Bonchev–Trinajstić information content (AvgIpc) is 3.20. The third kappa shape index (κ3) is 4.38. The second-order valence-electron chi connectivity index (χ2n) is 6.71. The topological polar surface area (TPSA) is 70.9 Å². The highest BCUT2D eigenvalue weighted by atomic mass is 19.1. The van der Waals surface area contributed by atoms with E-state index >= 15 is 0 Å². The molecule has 1 heterocycles. The first kappa shape index (κ1) is 20.1. The molecule has 0 amide bonds. The summed E-state index contributed by atoms with van der Waals surface area (Å²) in [6, 6.07) is 17.8. The molecule has 0 radical (unpaired) electrons. The van der Waals surface area contributed by atoms with Gasteiger partial charge in [-0.15, -0.1) is 0 Å². The fourth-order valence-electron chi connectivity index (χ4n) is 3.09. The summed E-state index contributed by atoms with van der Waals surface area (Å²) in [5.74, 6) is 0.489. The standard InChI is InChI=1S/C24H17F2N3O2/c1-30-23-11-15(6-9-22(23)31-14-16-4-2-3-5-19(16)26)10-17(13-27)24-28-20-8-7-18(25)12-21(20)29-24/h2-12H,14H2,1H3,(H,28,29)/b17-10-. The van der Waals surface area contributed by atoms with E-state index in [0.717, 1.165) is 0 Å². The number of fused-ring (bicyclic) bond motifs is 1. The van der Waals surface area contributed by atoms with Gasteiger partial charge in [-0.3, -0.25) is 0 Å². The number of aromatic nitrogens is 2. The van der Waals surface area contributed by atoms with Crippen LogP contribution in [0.4, 0.5) is 8.78 Å². The Morgan fingerprint density at radius 3 is 2.71 bits per heavy atom. The number of imidazole rings is 1. The number of hydrogen-bond acceptors (Lipinski definition) is 4. The van der Waals surface area contributed by atoms with E-state index in [4.69, 9.17) is 9.47 Å². The van der Waals surface area contributed by atoms with Gasteiger partial charge >= 0.3 is 0 Å². The molecule has 4 rings (SSSR count). The van der Waals surface area contributed by atoms with Gasteiger partial charge < -0.3 is 14.5 Å². The molecule has 0 saturated heterocycles. The summed E-state index contributed by atoms with van der Waals surface area (Å²) in [5, 5.41) is 9.59. The van der Waals surface area contributed by atoms with Crippen molar-refractivity contribution in [1.29, 1.82) is 5.26 Å². The largest absolute Gasteiger partial charge is 0.493 e. The molecule has 0 aliphatic heterocycles. The number of methoxy groups -OCH3 is 1. The highest BCUT2D eigenvalue weighted by Crippen LogP contribution is 2.30. The maximum absolute atomic E-state index is 13.8. The normalized spacial score (nSPS) is 11.4. The summed E-state index contributed by atoms with van der Waals surface area (Å²) in [6.45, 7) is 0.0528. The van der Waals surface area contributed by atoms with Gasteiger partial charge in [-0.25, -0.2) is 13.8 Å². The first-order chi connectivity index (χ1) is 15.1. The van der Waals surface area contributed by atoms with Crippen LogP contribution in [0.3, 0.4) is 0 Å². The smallest absolute Gasteiger partial charge is 0.161 e. The number of rotatable bonds is 6. The van der Waals surface area contributed by atoms with Crippen LogP contribution in [0.2, 0.25) is 0 Å². The molecule has 0 unspecified atom stereocenters. The van der Waals surface area contributed by atoms with Crippen molar-refractivity contribution < 1.29 is 18.3 Å². The summed E-state index contributed by atoms with van der Waals surface area (Å²) in [7, 11) is 1.50. The molecule has 7 heteroatoms. The van der Waals surface area contributed by atoms with E-state index in [-0.39, 0.29) is 23.8 Å². The number of nitrogens with one attached hydrogen (secondary N) is 1. The molecule has 0 fully saturated rings. The molecule has 4 aromatic rings. The number of halogens is 2. The van der Waals surface area contributed by atoms with E-state index in [9.17, 15) is 14.0 Å². The molecule has 0 aliphatic carbocycles. The van der Waals surface area contributed by atoms with Crippen LogP contribution in [-0.2, 0) is 6.61 Å². The zero-order valence-electron chi connectivity index (χ0n) is 16.5. The highest BCUT2D eigenvalue weighted by Gasteiger charge is 2.11. The number of allylic oxidation sites excluding steroid dienone is 1. The lowest BCUT2D eigenvalue weighted by molar-refractivity contribution is 0.279. The summed E-state index contributed by atoms with van der Waals surface area (Å²) in [6.07, 6.45) is 1.64. The van der Waals surface area contributed by atoms with Crippen LogP contribution in [0.25, 0.3) is 22.7 Å². The van der Waals surface area contributed by atoms with Crippen LogP contribution in [0.1, 0.15) is 17.0 Å². The molecule has 0 aliphatic rings. The Morgan fingerprint density at radius 1 is 1.10 bits per heavy atom. The Hall–Kier alpha value is -4.18. The van der Waals surface area contributed by atoms with Crippen LogP contribution in [0.15, 0.2) is 60.7 Å². The van der Waals surface area contributed by atoms with Crippen molar-refractivity contribution in [2.45, 2.75) is 6.61 Å². The summed E-state index contributed by atoms with van der Waals surface area (Å²) in [4.78, 5) is 7.31. The van der Waals surface area contributed by atoms with Gasteiger partial charge in [0.25, 0.3) is 0 Å². The molecular weight excluding hydrogens is 400 g/mol. The quantitative estimate of drug-likeness (QED) is 0.421. The second-order valence-corrected chi connectivity index (χ2v) is 6.71. The molecular formula is C24H17F2N3O2. The molecule has 1 aromatic heterocycles. The molecule has 3 aromatic carbocycles. The Morgan fingerprint density at radius 2 is 1.94 bits per heavy atom. The Labute approximate surface area is 177 Å². The number of nitrogens with zero attached hydrogens (tertiary/aromatic N) is 2. The van der Waals surface area contributed by atoms with E-state index in [2.05, 4.69) is 16.0 Å². The van der Waals surface area contributed by atoms with Crippen molar-refractivity contribution >= 4 is 22.7 Å². The average molecular weight is 417 g/mol. The predicted octanol–water partition coefficient (Wildman–Crippen LogP) is 5.49. The fraction of sp³-hybridized carbons (Fsp3) is 0.0833. The van der Waals surface area contributed by atoms with Crippen LogP contribution < -0.4 is 9.47 Å². The van der Waals surface area contributed by atoms with Gasteiger partial charge in [0.15, 0.2) is 11.5 Å². The molecule has 0 spiro atoms. The Kier molecular flexibility index (Phi) is 5.63. The second kappa shape index (κ2) is 8.67. The SMILES string of the molecule is COc1cc(/C=C(/C#N)c2nc3ccc(F)cc3[nH]2)ccc1OCc1ccccc1F. The molecule has 154 valence electrons. The summed E-state index contributed by atoms with van der Waals surface area (Å²) >= 11 is 0. The molecule has 5 nitrogen and oxygen atoms in total. The molecule has 0 saturated carbocycles. The third-order valence-electron chi connectivity index (χ3n) is 4.66. The van der Waals surface area contributed by atoms with Crippen molar-refractivity contribution in [3.8, 4) is 17.6 Å². The van der Waals surface area contributed by atoms with Crippen molar-refractivity contribution in [2.24, 2.45) is 0 Å². The number of benzene rings is 3. The van der Waals surface area contributed by atoms with E-state index in [1.807, 2.05) is 0 Å². The minimum absolute atomic E-state index is 0.0528. The van der Waals surface area contributed by atoms with Crippen molar-refractivity contribution in [3.63, 3.8) is 0 Å². The molecule has 0 bridgehead atoms. The lowest BCUT2D eigenvalue weighted by atomic mass is 10.1. The van der Waals surface area contributed by atoms with Crippen molar-refractivity contribution in [1.82, 2.24) is 9.97 Å². The molecule has 0 atom stereocenters. The third-order valence-corrected chi connectivity index (χ3v) is 4.66. The maximum atomic E-state index is 13.8. The van der Waals surface area contributed by atoms with Gasteiger partial charge in [0.05, 0.1) is 23.7 Å². The van der Waals surface area contributed by atoms with Gasteiger partial charge in [-0.2, -0.15) is 5.26 Å².